The normalized spacial score (nSPS) is 24.1. The SMILES string of the molecule is C=Cc1c2[n-]c(c1C)/C=C1\[N-]/C(=C3\c4[n-]c(c(C)c4C(=O)[C@@H]3C(=O)O)/C=c3\[n-]/c(c(C)c3CC)=C\2)C[C@@H]1C.[Mg+2]. The number of Topliss-reactive ketones (excluding diaryl/α,β-unsaturated/α-hetero) is 1. The smallest absolute Gasteiger partial charge is 0.664 e. The molecular formula is C31H28MgN4O3-2. The van der Waals surface area contributed by atoms with Crippen LogP contribution >= 0.6 is 0 Å². The number of fused-ring (bicyclic) bond motifs is 7. The molecule has 2 atom stereocenters. The molecule has 0 unspecified atom stereocenters. The summed E-state index contributed by atoms with van der Waals surface area (Å²) in [6.07, 6.45) is 9.02. The molecule has 0 amide bonds. The average Bonchev–Trinajstić information content (AvgIpc) is 3.61. The molecule has 3 aromatic rings. The van der Waals surface area contributed by atoms with Crippen molar-refractivity contribution in [3.05, 3.63) is 90.1 Å². The van der Waals surface area contributed by atoms with Gasteiger partial charge in [0, 0.05) is 5.56 Å². The van der Waals surface area contributed by atoms with Gasteiger partial charge in [0.05, 0.1) is 0 Å². The summed E-state index contributed by atoms with van der Waals surface area (Å²) in [4.78, 5) is 40.5. The van der Waals surface area contributed by atoms with Gasteiger partial charge in [0.2, 0.25) is 0 Å². The standard InChI is InChI=1S/C31H30N4O3.Mg/c1-7-17-14(4)20-10-19-13(3)9-25(32-19)27-28(31(37)38)30(36)26-16(6)22(35-29(26)27)12-24-18(8-2)15(5)21(34-24)11-23(17)33-20;/h7,10-13,28H,1,8-9H2,2-6H3,(H3,32,35,36,37,38);/q-2;+2/p-2/b19-10-,21-11-,24-12-;/t13-,28+;/m0./s1. The molecule has 7 nitrogen and oxygen atoms in total. The Labute approximate surface area is 243 Å². The molecule has 194 valence electrons. The summed E-state index contributed by atoms with van der Waals surface area (Å²) in [7, 11) is 0. The van der Waals surface area contributed by atoms with Crippen LogP contribution in [0.5, 0.6) is 0 Å². The molecule has 5 heterocycles. The number of ketones is 1. The van der Waals surface area contributed by atoms with Crippen LogP contribution in [0.25, 0.3) is 35.2 Å². The first-order valence-electron chi connectivity index (χ1n) is 12.9. The van der Waals surface area contributed by atoms with E-state index in [4.69, 9.17) is 20.3 Å². The van der Waals surface area contributed by atoms with Gasteiger partial charge >= 0.3 is 29.0 Å². The van der Waals surface area contributed by atoms with E-state index in [0.717, 1.165) is 56.5 Å². The molecule has 1 N–H and O–H groups in total. The van der Waals surface area contributed by atoms with E-state index < -0.39 is 17.7 Å². The van der Waals surface area contributed by atoms with Crippen molar-refractivity contribution in [1.29, 1.82) is 0 Å². The van der Waals surface area contributed by atoms with Crippen LogP contribution in [0.2, 0.25) is 0 Å². The largest absolute Gasteiger partial charge is 2.00 e. The molecule has 39 heavy (non-hydrogen) atoms. The number of carbonyl (C=O) groups excluding carboxylic acids is 1. The number of hydrogen-bond donors (Lipinski definition) is 1. The molecule has 8 bridgehead atoms. The molecule has 0 radical (unpaired) electrons. The molecule has 0 spiro atoms. The zero-order valence-corrected chi connectivity index (χ0v) is 24.3. The summed E-state index contributed by atoms with van der Waals surface area (Å²) < 4.78 is 0. The van der Waals surface area contributed by atoms with E-state index in [1.165, 1.54) is 0 Å². The first-order valence-corrected chi connectivity index (χ1v) is 12.9. The van der Waals surface area contributed by atoms with E-state index in [9.17, 15) is 14.7 Å². The maximum Gasteiger partial charge on any atom is 2.00 e. The second-order valence-electron chi connectivity index (χ2n) is 10.4. The molecule has 2 aliphatic heterocycles. The van der Waals surface area contributed by atoms with Gasteiger partial charge in [-0.2, -0.15) is 11.4 Å². The van der Waals surface area contributed by atoms with Crippen molar-refractivity contribution in [2.45, 2.75) is 47.5 Å². The topological polar surface area (TPSA) is 111 Å². The number of allylic oxidation sites excluding steroid dienone is 2. The van der Waals surface area contributed by atoms with Crippen molar-refractivity contribution < 1.29 is 14.7 Å². The fourth-order valence-electron chi connectivity index (χ4n) is 6.05. The van der Waals surface area contributed by atoms with Gasteiger partial charge in [-0.3, -0.25) is 9.59 Å². The third kappa shape index (κ3) is 3.91. The van der Waals surface area contributed by atoms with Crippen molar-refractivity contribution in [2.24, 2.45) is 11.8 Å². The maximum absolute atomic E-state index is 13.5. The minimum absolute atomic E-state index is 0. The second kappa shape index (κ2) is 9.61. The van der Waals surface area contributed by atoms with E-state index in [1.807, 2.05) is 38.2 Å². The van der Waals surface area contributed by atoms with Gasteiger partial charge in [-0.05, 0) is 45.1 Å². The summed E-state index contributed by atoms with van der Waals surface area (Å²) in [5.41, 5.74) is 9.69. The summed E-state index contributed by atoms with van der Waals surface area (Å²) >= 11 is 0. The molecule has 3 aromatic heterocycles. The van der Waals surface area contributed by atoms with Gasteiger partial charge in [0.15, 0.2) is 5.78 Å². The minimum atomic E-state index is -1.30. The van der Waals surface area contributed by atoms with Crippen molar-refractivity contribution >= 4 is 64.7 Å². The van der Waals surface area contributed by atoms with Gasteiger partial charge in [0.25, 0.3) is 0 Å². The number of nitrogens with zero attached hydrogens (tertiary/aromatic N) is 4. The van der Waals surface area contributed by atoms with Crippen molar-refractivity contribution in [2.75, 3.05) is 0 Å². The summed E-state index contributed by atoms with van der Waals surface area (Å²) in [6, 6.07) is 0. The van der Waals surface area contributed by atoms with E-state index in [0.29, 0.717) is 40.2 Å². The maximum atomic E-state index is 13.5. The Bertz CT molecular complexity index is 1780. The van der Waals surface area contributed by atoms with Crippen LogP contribution in [0.3, 0.4) is 0 Å². The van der Waals surface area contributed by atoms with Crippen LogP contribution in [0.4, 0.5) is 0 Å². The second-order valence-corrected chi connectivity index (χ2v) is 10.4. The van der Waals surface area contributed by atoms with Gasteiger partial charge < -0.3 is 25.4 Å². The Hall–Kier alpha value is -3.49. The number of carboxylic acids is 1. The molecule has 6 rings (SSSR count). The van der Waals surface area contributed by atoms with Gasteiger partial charge in [-0.15, -0.1) is 33.5 Å². The van der Waals surface area contributed by atoms with E-state index in [2.05, 4.69) is 27.4 Å². The number of rotatable bonds is 3. The van der Waals surface area contributed by atoms with Crippen molar-refractivity contribution in [3.63, 3.8) is 0 Å². The number of carbonyl (C=O) groups is 2. The third-order valence-electron chi connectivity index (χ3n) is 8.19. The first kappa shape index (κ1) is 27.1. The van der Waals surface area contributed by atoms with E-state index >= 15 is 0 Å². The summed E-state index contributed by atoms with van der Waals surface area (Å²) in [6.45, 7) is 14.1. The minimum Gasteiger partial charge on any atom is -0.664 e. The molecule has 1 aliphatic carbocycles. The zero-order chi connectivity index (χ0) is 27.0. The molecular weight excluding hydrogens is 501 g/mol. The van der Waals surface area contributed by atoms with Crippen LogP contribution in [0.1, 0.15) is 81.2 Å². The monoisotopic (exact) mass is 528 g/mol. The van der Waals surface area contributed by atoms with E-state index in [1.54, 1.807) is 0 Å². The fraction of sp³-hybridized carbons (Fsp3) is 0.290. The molecule has 1 saturated heterocycles. The quantitative estimate of drug-likeness (QED) is 0.412. The van der Waals surface area contributed by atoms with Crippen LogP contribution in [-0.2, 0) is 11.2 Å². The predicted octanol–water partition coefficient (Wildman–Crippen LogP) is 3.34. The summed E-state index contributed by atoms with van der Waals surface area (Å²) in [5, 5.41) is 16.6. The Balaban J connectivity index is 0.00000308. The molecule has 3 aliphatic rings. The Morgan fingerprint density at radius 3 is 2.38 bits per heavy atom. The Morgan fingerprint density at radius 1 is 1.03 bits per heavy atom. The number of carboxylic acid groups (broad SMARTS) is 1. The van der Waals surface area contributed by atoms with Crippen molar-refractivity contribution in [3.8, 4) is 0 Å². The average molecular weight is 529 g/mol. The van der Waals surface area contributed by atoms with Crippen LogP contribution in [-0.4, -0.2) is 39.9 Å². The number of hydrogen-bond acceptors (Lipinski definition) is 2. The summed E-state index contributed by atoms with van der Waals surface area (Å²) in [5.74, 6) is -2.86. The third-order valence-corrected chi connectivity index (χ3v) is 8.19. The molecule has 0 saturated carbocycles. The number of aliphatic carboxylic acids is 1. The fourth-order valence-corrected chi connectivity index (χ4v) is 6.05. The first-order chi connectivity index (χ1) is 18.1. The van der Waals surface area contributed by atoms with Crippen LogP contribution in [0, 0.1) is 32.6 Å². The van der Waals surface area contributed by atoms with E-state index in [-0.39, 0.29) is 29.0 Å². The zero-order valence-electron chi connectivity index (χ0n) is 22.8. The number of aromatic nitrogens is 3. The molecule has 8 heteroatoms. The van der Waals surface area contributed by atoms with Crippen molar-refractivity contribution in [1.82, 2.24) is 15.0 Å². The van der Waals surface area contributed by atoms with Crippen LogP contribution in [0.15, 0.2) is 18.0 Å². The molecule has 0 aromatic carbocycles. The van der Waals surface area contributed by atoms with Gasteiger partial charge in [0.1, 0.15) is 5.92 Å². The van der Waals surface area contributed by atoms with Crippen LogP contribution < -0.4 is 25.7 Å². The Kier molecular flexibility index (Phi) is 6.67. The van der Waals surface area contributed by atoms with Gasteiger partial charge in [-0.25, -0.2) is 0 Å². The Morgan fingerprint density at radius 2 is 1.72 bits per heavy atom. The predicted molar refractivity (Wildman–Crippen MR) is 153 cm³/mol. The molecule has 1 fully saturated rings. The van der Waals surface area contributed by atoms with Gasteiger partial charge in [-0.1, -0.05) is 72.6 Å².